The summed E-state index contributed by atoms with van der Waals surface area (Å²) in [5, 5.41) is 2.11. The van der Waals surface area contributed by atoms with Gasteiger partial charge in [-0.25, -0.2) is 0 Å². The van der Waals surface area contributed by atoms with Crippen LogP contribution in [-0.2, 0) is 11.3 Å². The second-order valence-electron chi connectivity index (χ2n) is 4.02. The van der Waals surface area contributed by atoms with Gasteiger partial charge in [0.25, 0.3) is 0 Å². The van der Waals surface area contributed by atoms with Crippen LogP contribution in [0, 0.1) is 0 Å². The molecule has 0 unspecified atom stereocenters. The molecule has 0 spiro atoms. The predicted molar refractivity (Wildman–Crippen MR) is 66.0 cm³/mol. The summed E-state index contributed by atoms with van der Waals surface area (Å²) < 4.78 is 0. The van der Waals surface area contributed by atoms with E-state index in [4.69, 9.17) is 11.6 Å². The van der Waals surface area contributed by atoms with E-state index in [0.29, 0.717) is 0 Å². The number of quaternary nitrogens is 1. The molecule has 1 fully saturated rings. The number of piperazine rings is 1. The highest BCUT2D eigenvalue weighted by atomic mass is 35.5. The third kappa shape index (κ3) is 2.97. The van der Waals surface area contributed by atoms with E-state index in [1.807, 2.05) is 4.90 Å². The first-order valence-corrected chi connectivity index (χ1v) is 6.90. The molecule has 0 radical (unpaired) electrons. The summed E-state index contributed by atoms with van der Waals surface area (Å²) in [6.45, 7) is 4.82. The van der Waals surface area contributed by atoms with Crippen LogP contribution in [0.3, 0.4) is 0 Å². The second kappa shape index (κ2) is 5.66. The summed E-state index contributed by atoms with van der Waals surface area (Å²) in [6.07, 6.45) is 0. The number of hydrogen-bond donors (Lipinski definition) is 1. The van der Waals surface area contributed by atoms with E-state index >= 15 is 0 Å². The topological polar surface area (TPSA) is 24.8 Å². The molecule has 0 bridgehead atoms. The van der Waals surface area contributed by atoms with E-state index in [0.717, 1.165) is 32.7 Å². The molecule has 0 aromatic carbocycles. The largest absolute Gasteiger partial charge is 0.330 e. The van der Waals surface area contributed by atoms with E-state index in [2.05, 4.69) is 17.5 Å². The first kappa shape index (κ1) is 11.9. The minimum Gasteiger partial charge on any atom is -0.330 e. The lowest BCUT2D eigenvalue weighted by Crippen LogP contribution is -3.13. The van der Waals surface area contributed by atoms with Crippen LogP contribution >= 0.6 is 22.9 Å². The van der Waals surface area contributed by atoms with Crippen LogP contribution in [0.1, 0.15) is 4.88 Å². The van der Waals surface area contributed by atoms with Gasteiger partial charge in [-0.2, -0.15) is 0 Å². The van der Waals surface area contributed by atoms with Crippen LogP contribution in [0.25, 0.3) is 0 Å². The lowest BCUT2D eigenvalue weighted by molar-refractivity contribution is -0.917. The second-order valence-corrected chi connectivity index (χ2v) is 5.32. The molecule has 16 heavy (non-hydrogen) atoms. The monoisotopic (exact) mass is 259 g/mol. The molecule has 1 N–H and O–H groups in total. The van der Waals surface area contributed by atoms with Crippen molar-refractivity contribution in [3.8, 4) is 0 Å². The number of nitrogens with one attached hydrogen (secondary N) is 1. The molecule has 1 saturated heterocycles. The van der Waals surface area contributed by atoms with Crippen LogP contribution in [-0.4, -0.2) is 42.9 Å². The van der Waals surface area contributed by atoms with Gasteiger partial charge in [-0.15, -0.1) is 22.9 Å². The molecule has 2 rings (SSSR count). The Kier molecular flexibility index (Phi) is 4.21. The molecule has 1 aliphatic heterocycles. The first-order chi connectivity index (χ1) is 7.79. The number of alkyl halides is 1. The highest BCUT2D eigenvalue weighted by Gasteiger charge is 2.22. The maximum Gasteiger partial charge on any atom is 0.237 e. The zero-order chi connectivity index (χ0) is 11.4. The zero-order valence-electron chi connectivity index (χ0n) is 9.12. The number of halogens is 1. The average Bonchev–Trinajstić information content (AvgIpc) is 2.82. The van der Waals surface area contributed by atoms with Crippen LogP contribution in [0.15, 0.2) is 17.5 Å². The normalized spacial score (nSPS) is 17.7. The summed E-state index contributed by atoms with van der Waals surface area (Å²) in [5.41, 5.74) is 0. The van der Waals surface area contributed by atoms with Crippen molar-refractivity contribution in [2.45, 2.75) is 6.54 Å². The predicted octanol–water partition coefficient (Wildman–Crippen LogP) is 0.214. The van der Waals surface area contributed by atoms with Crippen molar-refractivity contribution in [1.82, 2.24) is 4.90 Å². The molecule has 0 saturated carbocycles. The fourth-order valence-electron chi connectivity index (χ4n) is 1.99. The smallest absolute Gasteiger partial charge is 0.237 e. The van der Waals surface area contributed by atoms with Crippen LogP contribution in [0.5, 0.6) is 0 Å². The van der Waals surface area contributed by atoms with Gasteiger partial charge < -0.3 is 9.80 Å². The van der Waals surface area contributed by atoms with E-state index in [-0.39, 0.29) is 11.8 Å². The van der Waals surface area contributed by atoms with Crippen LogP contribution < -0.4 is 4.90 Å². The fraction of sp³-hybridized carbons (Fsp3) is 0.545. The quantitative estimate of drug-likeness (QED) is 0.772. The van der Waals surface area contributed by atoms with Gasteiger partial charge in [-0.1, -0.05) is 6.07 Å². The summed E-state index contributed by atoms with van der Waals surface area (Å²) in [7, 11) is 0. The Hall–Kier alpha value is -0.580. The maximum absolute atomic E-state index is 11.4. The molecule has 2 heterocycles. The summed E-state index contributed by atoms with van der Waals surface area (Å²) >= 11 is 7.35. The minimum absolute atomic E-state index is 0.0665. The zero-order valence-corrected chi connectivity index (χ0v) is 10.7. The summed E-state index contributed by atoms with van der Waals surface area (Å²) in [4.78, 5) is 16.2. The molecule has 1 aromatic rings. The molecule has 5 heteroatoms. The number of amides is 1. The van der Waals surface area contributed by atoms with E-state index in [9.17, 15) is 4.79 Å². The number of nitrogens with zero attached hydrogens (tertiary/aromatic N) is 1. The minimum atomic E-state index is 0.0665. The Bertz CT molecular complexity index is 334. The molecular weight excluding hydrogens is 244 g/mol. The summed E-state index contributed by atoms with van der Waals surface area (Å²) in [5.74, 6) is 0.178. The number of carbonyl (C=O) groups excluding carboxylic acids is 1. The molecule has 0 atom stereocenters. The van der Waals surface area contributed by atoms with Gasteiger partial charge in [-0.3, -0.25) is 4.79 Å². The van der Waals surface area contributed by atoms with Gasteiger partial charge in [0.2, 0.25) is 5.91 Å². The number of thiophene rings is 1. The van der Waals surface area contributed by atoms with Crippen molar-refractivity contribution in [2.75, 3.05) is 32.1 Å². The molecule has 1 amide bonds. The Labute approximate surface area is 105 Å². The van der Waals surface area contributed by atoms with Gasteiger partial charge in [0.05, 0.1) is 31.1 Å². The Morgan fingerprint density at radius 2 is 2.25 bits per heavy atom. The third-order valence-corrected chi connectivity index (χ3v) is 4.05. The Morgan fingerprint density at radius 3 is 2.81 bits per heavy atom. The van der Waals surface area contributed by atoms with Crippen molar-refractivity contribution in [2.24, 2.45) is 0 Å². The SMILES string of the molecule is O=C(CCl)N1CC[NH+](Cc2cccs2)CC1. The average molecular weight is 260 g/mol. The Balaban J connectivity index is 1.79. The van der Waals surface area contributed by atoms with Crippen molar-refractivity contribution < 1.29 is 9.69 Å². The van der Waals surface area contributed by atoms with Crippen molar-refractivity contribution >= 4 is 28.8 Å². The first-order valence-electron chi connectivity index (χ1n) is 5.49. The Morgan fingerprint density at radius 1 is 1.50 bits per heavy atom. The third-order valence-electron chi connectivity index (χ3n) is 2.94. The fourth-order valence-corrected chi connectivity index (χ4v) is 2.94. The number of rotatable bonds is 3. The number of carbonyl (C=O) groups is 1. The van der Waals surface area contributed by atoms with Gasteiger partial charge in [0.1, 0.15) is 12.4 Å². The van der Waals surface area contributed by atoms with Gasteiger partial charge in [0.15, 0.2) is 0 Å². The van der Waals surface area contributed by atoms with Gasteiger partial charge >= 0.3 is 0 Å². The molecular formula is C11H16ClN2OS+. The van der Waals surface area contributed by atoms with E-state index in [1.165, 1.54) is 4.88 Å². The van der Waals surface area contributed by atoms with Crippen LogP contribution in [0.4, 0.5) is 0 Å². The van der Waals surface area contributed by atoms with Crippen molar-refractivity contribution in [3.63, 3.8) is 0 Å². The maximum atomic E-state index is 11.4. The van der Waals surface area contributed by atoms with Gasteiger partial charge in [0, 0.05) is 0 Å². The van der Waals surface area contributed by atoms with E-state index in [1.54, 1.807) is 16.2 Å². The standard InChI is InChI=1S/C11H15ClN2OS/c12-8-11(15)14-5-3-13(4-6-14)9-10-2-1-7-16-10/h1-2,7H,3-6,8-9H2/p+1. The molecule has 3 nitrogen and oxygen atoms in total. The highest BCUT2D eigenvalue weighted by molar-refractivity contribution is 7.09. The summed E-state index contributed by atoms with van der Waals surface area (Å²) in [6, 6.07) is 4.26. The van der Waals surface area contributed by atoms with Crippen molar-refractivity contribution in [1.29, 1.82) is 0 Å². The van der Waals surface area contributed by atoms with E-state index < -0.39 is 0 Å². The molecule has 1 aromatic heterocycles. The number of hydrogen-bond acceptors (Lipinski definition) is 2. The molecule has 88 valence electrons. The van der Waals surface area contributed by atoms with Crippen LogP contribution in [0.2, 0.25) is 0 Å². The molecule has 0 aliphatic carbocycles. The van der Waals surface area contributed by atoms with Crippen molar-refractivity contribution in [3.05, 3.63) is 22.4 Å². The van der Waals surface area contributed by atoms with Gasteiger partial charge in [-0.05, 0) is 11.4 Å². The molecule has 1 aliphatic rings. The lowest BCUT2D eigenvalue weighted by atomic mass is 10.3. The lowest BCUT2D eigenvalue weighted by Gasteiger charge is -2.31. The highest BCUT2D eigenvalue weighted by Crippen LogP contribution is 2.06.